The van der Waals surface area contributed by atoms with E-state index in [2.05, 4.69) is 9.26 Å². The Hall–Kier alpha value is -0.750. The van der Waals surface area contributed by atoms with Crippen LogP contribution in [0, 0.1) is 0 Å². The quantitative estimate of drug-likeness (QED) is 0.234. The van der Waals surface area contributed by atoms with Crippen LogP contribution < -0.4 is 4.89 Å². The third-order valence-corrected chi connectivity index (χ3v) is 3.15. The van der Waals surface area contributed by atoms with Gasteiger partial charge in [-0.05, 0) is 4.57 Å². The average Bonchev–Trinajstić information content (AvgIpc) is 2.44. The second-order valence-electron chi connectivity index (χ2n) is 4.13. The van der Waals surface area contributed by atoms with Crippen molar-refractivity contribution >= 4 is 14.2 Å². The first kappa shape index (κ1) is 18.3. The van der Waals surface area contributed by atoms with E-state index in [0.717, 1.165) is 0 Å². The first-order chi connectivity index (χ1) is 9.81. The van der Waals surface area contributed by atoms with E-state index in [1.165, 1.54) is 0 Å². The van der Waals surface area contributed by atoms with Crippen molar-refractivity contribution in [3.63, 3.8) is 0 Å². The summed E-state index contributed by atoms with van der Waals surface area (Å²) in [6.07, 6.45) is -10.2. The van der Waals surface area contributed by atoms with E-state index in [1.54, 1.807) is 0 Å². The summed E-state index contributed by atoms with van der Waals surface area (Å²) in [5, 5.41) is 46.3. The second kappa shape index (κ2) is 8.03. The van der Waals surface area contributed by atoms with Crippen molar-refractivity contribution in [3.05, 3.63) is 0 Å². The molecule has 0 aromatic carbocycles. The summed E-state index contributed by atoms with van der Waals surface area (Å²) in [6.45, 7) is -1.75. The Morgan fingerprint density at radius 3 is 2.33 bits per heavy atom. The highest BCUT2D eigenvalue weighted by Crippen LogP contribution is 2.23. The highest BCUT2D eigenvalue weighted by molar-refractivity contribution is 7.30. The number of carbonyl (C=O) groups is 1. The van der Waals surface area contributed by atoms with Gasteiger partial charge in [-0.15, -0.1) is 4.52 Å². The van der Waals surface area contributed by atoms with Crippen LogP contribution in [-0.4, -0.2) is 81.5 Å². The molecule has 0 saturated carbocycles. The van der Waals surface area contributed by atoms with E-state index >= 15 is 0 Å². The van der Waals surface area contributed by atoms with Gasteiger partial charge in [0.1, 0.15) is 24.4 Å². The lowest BCUT2D eigenvalue weighted by atomic mass is 9.99. The molecule has 0 aliphatic carbocycles. The summed E-state index contributed by atoms with van der Waals surface area (Å²) in [5.74, 6) is -1.37. The minimum atomic E-state index is -3.43. The van der Waals surface area contributed by atoms with Gasteiger partial charge in [-0.1, -0.05) is 0 Å². The SMILES string of the molecule is O=C(OC1O[C@H](CO)[C@@H](O)[C@H](O)[C@@H]1O)C(CO)O[P+](=O)[O-]. The lowest BCUT2D eigenvalue weighted by Crippen LogP contribution is -2.59. The molecule has 0 aromatic heterocycles. The summed E-state index contributed by atoms with van der Waals surface area (Å²) >= 11 is 0. The number of aliphatic hydroxyl groups is 5. The molecule has 0 bridgehead atoms. The average molecular weight is 330 g/mol. The number of esters is 1. The third-order valence-electron chi connectivity index (χ3n) is 2.72. The van der Waals surface area contributed by atoms with E-state index in [0.29, 0.717) is 0 Å². The molecule has 0 radical (unpaired) electrons. The smallest absolute Gasteiger partial charge is 0.489 e. The number of hydrogen-bond donors (Lipinski definition) is 5. The Kier molecular flexibility index (Phi) is 7.00. The topological polar surface area (TPSA) is 186 Å². The van der Waals surface area contributed by atoms with E-state index in [-0.39, 0.29) is 0 Å². The molecule has 11 nitrogen and oxygen atoms in total. The van der Waals surface area contributed by atoms with E-state index in [1.807, 2.05) is 0 Å². The Morgan fingerprint density at radius 2 is 1.86 bits per heavy atom. The fraction of sp³-hybridized carbons (Fsp3) is 0.889. The van der Waals surface area contributed by atoms with Crippen LogP contribution in [0.5, 0.6) is 0 Å². The summed E-state index contributed by atoms with van der Waals surface area (Å²) in [5.41, 5.74) is 0. The predicted octanol–water partition coefficient (Wildman–Crippen LogP) is -4.28. The zero-order valence-electron chi connectivity index (χ0n) is 10.5. The van der Waals surface area contributed by atoms with Gasteiger partial charge in [-0.3, -0.25) is 0 Å². The maximum absolute atomic E-state index is 11.5. The highest BCUT2D eigenvalue weighted by Gasteiger charge is 2.46. The normalized spacial score (nSPS) is 35.1. The molecule has 12 heteroatoms. The zero-order valence-corrected chi connectivity index (χ0v) is 11.4. The van der Waals surface area contributed by atoms with Crippen LogP contribution in [0.25, 0.3) is 0 Å². The fourth-order valence-corrected chi connectivity index (χ4v) is 1.97. The first-order valence-electron chi connectivity index (χ1n) is 5.74. The van der Waals surface area contributed by atoms with Crippen LogP contribution in [-0.2, 0) is 23.4 Å². The van der Waals surface area contributed by atoms with Crippen LogP contribution in [0.15, 0.2) is 0 Å². The monoisotopic (exact) mass is 330 g/mol. The van der Waals surface area contributed by atoms with Gasteiger partial charge in [0.25, 0.3) is 0 Å². The summed E-state index contributed by atoms with van der Waals surface area (Å²) in [6, 6.07) is 0. The largest absolute Gasteiger partial charge is 0.566 e. The molecule has 1 fully saturated rings. The van der Waals surface area contributed by atoms with Crippen molar-refractivity contribution in [2.24, 2.45) is 0 Å². The molecule has 1 saturated heterocycles. The van der Waals surface area contributed by atoms with Gasteiger partial charge in [0.2, 0.25) is 12.4 Å². The standard InChI is InChI=1S/C9H15O11P/c10-1-3-5(12)6(13)7(14)9(18-3)19-8(15)4(2-11)20-21(16)17/h3-7,9-14H,1-2H2/t3-,4?,5-,6+,7+,9?/m1/s1. The molecule has 5 N–H and O–H groups in total. The van der Waals surface area contributed by atoms with Crippen molar-refractivity contribution in [2.45, 2.75) is 36.8 Å². The van der Waals surface area contributed by atoms with Crippen LogP contribution >= 0.6 is 8.25 Å². The van der Waals surface area contributed by atoms with Crippen molar-refractivity contribution in [1.82, 2.24) is 0 Å². The van der Waals surface area contributed by atoms with Crippen LogP contribution in [0.2, 0.25) is 0 Å². The minimum Gasteiger partial charge on any atom is -0.566 e. The maximum atomic E-state index is 11.5. The lowest BCUT2D eigenvalue weighted by Gasteiger charge is -2.39. The number of aliphatic hydroxyl groups excluding tert-OH is 5. The van der Waals surface area contributed by atoms with Crippen molar-refractivity contribution in [3.8, 4) is 0 Å². The maximum Gasteiger partial charge on any atom is 0.489 e. The van der Waals surface area contributed by atoms with Crippen LogP contribution in [0.3, 0.4) is 0 Å². The highest BCUT2D eigenvalue weighted by atomic mass is 31.1. The molecule has 1 rings (SSSR count). The molecule has 122 valence electrons. The van der Waals surface area contributed by atoms with Gasteiger partial charge >= 0.3 is 14.2 Å². The van der Waals surface area contributed by atoms with E-state index < -0.39 is 64.2 Å². The van der Waals surface area contributed by atoms with Crippen molar-refractivity contribution < 1.29 is 53.8 Å². The molecule has 1 aliphatic rings. The van der Waals surface area contributed by atoms with Crippen LogP contribution in [0.4, 0.5) is 0 Å². The number of hydrogen-bond acceptors (Lipinski definition) is 11. The molecular weight excluding hydrogens is 315 g/mol. The Labute approximate surface area is 119 Å². The van der Waals surface area contributed by atoms with Gasteiger partial charge in [0.05, 0.1) is 13.2 Å². The lowest BCUT2D eigenvalue weighted by molar-refractivity contribution is -0.295. The van der Waals surface area contributed by atoms with Crippen LogP contribution in [0.1, 0.15) is 0 Å². The van der Waals surface area contributed by atoms with Gasteiger partial charge < -0.3 is 39.9 Å². The van der Waals surface area contributed by atoms with Gasteiger partial charge in [-0.2, -0.15) is 0 Å². The summed E-state index contributed by atoms with van der Waals surface area (Å²) in [7, 11) is -3.43. The molecule has 7 atom stereocenters. The Bertz CT molecular complexity index is 375. The minimum absolute atomic E-state index is 0.731. The third kappa shape index (κ3) is 4.61. The molecular formula is C9H15O11P. The van der Waals surface area contributed by atoms with Gasteiger partial charge in [0.15, 0.2) is 0 Å². The molecule has 0 spiro atoms. The Balaban J connectivity index is 2.71. The van der Waals surface area contributed by atoms with Gasteiger partial charge in [-0.25, -0.2) is 4.79 Å². The molecule has 1 heterocycles. The van der Waals surface area contributed by atoms with E-state index in [4.69, 9.17) is 14.9 Å². The molecule has 21 heavy (non-hydrogen) atoms. The van der Waals surface area contributed by atoms with E-state index in [9.17, 15) is 29.6 Å². The molecule has 3 unspecified atom stereocenters. The second-order valence-corrected chi connectivity index (χ2v) is 4.79. The van der Waals surface area contributed by atoms with Gasteiger partial charge in [0, 0.05) is 0 Å². The molecule has 0 amide bonds. The Morgan fingerprint density at radius 1 is 1.24 bits per heavy atom. The van der Waals surface area contributed by atoms with Crippen molar-refractivity contribution in [1.29, 1.82) is 0 Å². The zero-order chi connectivity index (χ0) is 16.2. The first-order valence-corrected chi connectivity index (χ1v) is 6.84. The summed E-state index contributed by atoms with van der Waals surface area (Å²) < 4.78 is 23.8. The number of rotatable bonds is 6. The fourth-order valence-electron chi connectivity index (χ4n) is 1.61. The predicted molar refractivity (Wildman–Crippen MR) is 59.4 cm³/mol. The molecule has 0 aromatic rings. The number of carbonyl (C=O) groups excluding carboxylic acids is 1. The number of ether oxygens (including phenoxy) is 2. The van der Waals surface area contributed by atoms with Crippen molar-refractivity contribution in [2.75, 3.05) is 13.2 Å². The summed E-state index contributed by atoms with van der Waals surface area (Å²) in [4.78, 5) is 21.9. The molecule has 1 aliphatic heterocycles.